The number of ether oxygens (including phenoxy) is 1. The number of methoxy groups -OCH3 is 1. The second-order valence-corrected chi connectivity index (χ2v) is 4.15. The monoisotopic (exact) mass is 251 g/mol. The third-order valence-corrected chi connectivity index (χ3v) is 2.66. The van der Waals surface area contributed by atoms with Crippen LogP contribution in [-0.2, 0) is 11.3 Å². The molecule has 0 aliphatic carbocycles. The van der Waals surface area contributed by atoms with Crippen LogP contribution in [0, 0.1) is 0 Å². The van der Waals surface area contributed by atoms with Crippen LogP contribution >= 0.6 is 0 Å². The van der Waals surface area contributed by atoms with Crippen LogP contribution in [0.3, 0.4) is 0 Å². The van der Waals surface area contributed by atoms with E-state index in [0.717, 1.165) is 12.0 Å². The molecule has 0 aliphatic heterocycles. The molecule has 1 aromatic rings. The zero-order valence-electron chi connectivity index (χ0n) is 11.2. The molecular formula is C13H21N3O2. The van der Waals surface area contributed by atoms with E-state index in [9.17, 15) is 4.79 Å². The van der Waals surface area contributed by atoms with Gasteiger partial charge in [0.2, 0.25) is 11.8 Å². The summed E-state index contributed by atoms with van der Waals surface area (Å²) in [6.45, 7) is 4.88. The summed E-state index contributed by atoms with van der Waals surface area (Å²) >= 11 is 0. The zero-order valence-corrected chi connectivity index (χ0v) is 11.2. The first-order chi connectivity index (χ1) is 8.67. The molecule has 1 aromatic heterocycles. The number of hydrogen-bond donors (Lipinski definition) is 2. The van der Waals surface area contributed by atoms with E-state index in [4.69, 9.17) is 4.74 Å². The highest BCUT2D eigenvalue weighted by Gasteiger charge is 2.06. The molecule has 0 saturated carbocycles. The van der Waals surface area contributed by atoms with E-state index in [1.807, 2.05) is 26.0 Å². The Kier molecular flexibility index (Phi) is 6.14. The lowest BCUT2D eigenvalue weighted by molar-refractivity contribution is -0.120. The van der Waals surface area contributed by atoms with Crippen LogP contribution in [0.2, 0.25) is 0 Å². The van der Waals surface area contributed by atoms with E-state index in [2.05, 4.69) is 15.6 Å². The van der Waals surface area contributed by atoms with Gasteiger partial charge in [-0.25, -0.2) is 4.98 Å². The van der Waals surface area contributed by atoms with Crippen molar-refractivity contribution in [3.8, 4) is 5.88 Å². The van der Waals surface area contributed by atoms with Crippen molar-refractivity contribution in [3.05, 3.63) is 23.9 Å². The fourth-order valence-electron chi connectivity index (χ4n) is 1.48. The van der Waals surface area contributed by atoms with Crippen LogP contribution in [-0.4, -0.2) is 30.6 Å². The van der Waals surface area contributed by atoms with Crippen LogP contribution in [0.1, 0.15) is 25.8 Å². The third kappa shape index (κ3) is 4.71. The first-order valence-electron chi connectivity index (χ1n) is 6.15. The quantitative estimate of drug-likeness (QED) is 0.761. The van der Waals surface area contributed by atoms with Crippen LogP contribution in [0.25, 0.3) is 0 Å². The van der Waals surface area contributed by atoms with E-state index >= 15 is 0 Å². The van der Waals surface area contributed by atoms with Crippen molar-refractivity contribution in [2.24, 2.45) is 0 Å². The van der Waals surface area contributed by atoms with E-state index in [1.165, 1.54) is 0 Å². The van der Waals surface area contributed by atoms with Crippen molar-refractivity contribution in [2.45, 2.75) is 32.9 Å². The summed E-state index contributed by atoms with van der Waals surface area (Å²) in [5.41, 5.74) is 0.941. The van der Waals surface area contributed by atoms with Crippen LogP contribution in [0.5, 0.6) is 5.88 Å². The number of nitrogens with zero attached hydrogens (tertiary/aromatic N) is 1. The van der Waals surface area contributed by atoms with E-state index in [-0.39, 0.29) is 11.9 Å². The van der Waals surface area contributed by atoms with E-state index < -0.39 is 0 Å². The molecule has 0 spiro atoms. The van der Waals surface area contributed by atoms with Crippen molar-refractivity contribution < 1.29 is 9.53 Å². The SMILES string of the molecule is CCC(C)NC(=O)CNCc1cccnc1OC. The molecule has 0 aromatic carbocycles. The number of aromatic nitrogens is 1. The van der Waals surface area contributed by atoms with E-state index in [0.29, 0.717) is 19.0 Å². The minimum atomic E-state index is 0.00667. The van der Waals surface area contributed by atoms with Gasteiger partial charge in [0.15, 0.2) is 0 Å². The van der Waals surface area contributed by atoms with Gasteiger partial charge in [0, 0.05) is 24.3 Å². The predicted octanol–water partition coefficient (Wildman–Crippen LogP) is 1.09. The minimum Gasteiger partial charge on any atom is -0.481 e. The standard InChI is InChI=1S/C13H21N3O2/c1-4-10(2)16-12(17)9-14-8-11-6-5-7-15-13(11)18-3/h5-7,10,14H,4,8-9H2,1-3H3,(H,16,17). The van der Waals surface area contributed by atoms with Gasteiger partial charge in [-0.15, -0.1) is 0 Å². The highest BCUT2D eigenvalue weighted by molar-refractivity contribution is 5.78. The molecule has 2 N–H and O–H groups in total. The first-order valence-corrected chi connectivity index (χ1v) is 6.15. The fraction of sp³-hybridized carbons (Fsp3) is 0.538. The van der Waals surface area contributed by atoms with Crippen molar-refractivity contribution in [1.29, 1.82) is 0 Å². The predicted molar refractivity (Wildman–Crippen MR) is 70.4 cm³/mol. The van der Waals surface area contributed by atoms with Crippen molar-refractivity contribution >= 4 is 5.91 Å². The second kappa shape index (κ2) is 7.66. The van der Waals surface area contributed by atoms with Gasteiger partial charge in [0.05, 0.1) is 13.7 Å². The zero-order chi connectivity index (χ0) is 13.4. The first kappa shape index (κ1) is 14.4. The Bertz CT molecular complexity index is 382. The smallest absolute Gasteiger partial charge is 0.234 e. The largest absolute Gasteiger partial charge is 0.481 e. The summed E-state index contributed by atoms with van der Waals surface area (Å²) in [6.07, 6.45) is 2.61. The Morgan fingerprint density at radius 3 is 3.00 bits per heavy atom. The van der Waals surface area contributed by atoms with Crippen molar-refractivity contribution in [1.82, 2.24) is 15.6 Å². The van der Waals surface area contributed by atoms with Gasteiger partial charge in [0.25, 0.3) is 0 Å². The number of rotatable bonds is 7. The molecule has 5 nitrogen and oxygen atoms in total. The Morgan fingerprint density at radius 2 is 2.33 bits per heavy atom. The topological polar surface area (TPSA) is 63.2 Å². The molecule has 0 bridgehead atoms. The number of amides is 1. The lowest BCUT2D eigenvalue weighted by Crippen LogP contribution is -2.38. The van der Waals surface area contributed by atoms with Crippen LogP contribution in [0.4, 0.5) is 0 Å². The fourth-order valence-corrected chi connectivity index (χ4v) is 1.48. The molecule has 0 aliphatic rings. The van der Waals surface area contributed by atoms with E-state index in [1.54, 1.807) is 13.3 Å². The Hall–Kier alpha value is -1.62. The number of carbonyl (C=O) groups excluding carboxylic acids is 1. The average Bonchev–Trinajstić information content (AvgIpc) is 2.39. The molecule has 1 heterocycles. The van der Waals surface area contributed by atoms with Gasteiger partial charge in [-0.1, -0.05) is 13.0 Å². The average molecular weight is 251 g/mol. The summed E-state index contributed by atoms with van der Waals surface area (Å²) in [7, 11) is 1.58. The molecule has 0 fully saturated rings. The van der Waals surface area contributed by atoms with Crippen molar-refractivity contribution in [3.63, 3.8) is 0 Å². The maximum Gasteiger partial charge on any atom is 0.234 e. The number of hydrogen-bond acceptors (Lipinski definition) is 4. The molecule has 1 rings (SSSR count). The van der Waals surface area contributed by atoms with Gasteiger partial charge in [-0.3, -0.25) is 4.79 Å². The highest BCUT2D eigenvalue weighted by atomic mass is 16.5. The van der Waals surface area contributed by atoms with Gasteiger partial charge in [-0.2, -0.15) is 0 Å². The lowest BCUT2D eigenvalue weighted by atomic mass is 10.2. The number of carbonyl (C=O) groups is 1. The Balaban J connectivity index is 2.35. The van der Waals surface area contributed by atoms with Crippen LogP contribution in [0.15, 0.2) is 18.3 Å². The number of pyridine rings is 1. The molecule has 1 atom stereocenters. The van der Waals surface area contributed by atoms with Gasteiger partial charge >= 0.3 is 0 Å². The molecule has 5 heteroatoms. The van der Waals surface area contributed by atoms with Crippen molar-refractivity contribution in [2.75, 3.05) is 13.7 Å². The summed E-state index contributed by atoms with van der Waals surface area (Å²) in [4.78, 5) is 15.6. The molecule has 100 valence electrons. The Morgan fingerprint density at radius 1 is 1.56 bits per heavy atom. The van der Waals surface area contributed by atoms with Gasteiger partial charge in [0.1, 0.15) is 0 Å². The molecular weight excluding hydrogens is 230 g/mol. The second-order valence-electron chi connectivity index (χ2n) is 4.15. The van der Waals surface area contributed by atoms with Crippen LogP contribution < -0.4 is 15.4 Å². The molecule has 1 amide bonds. The third-order valence-electron chi connectivity index (χ3n) is 2.66. The molecule has 0 saturated heterocycles. The van der Waals surface area contributed by atoms with Gasteiger partial charge in [-0.05, 0) is 19.4 Å². The minimum absolute atomic E-state index is 0.00667. The maximum atomic E-state index is 11.5. The number of nitrogens with one attached hydrogen (secondary N) is 2. The summed E-state index contributed by atoms with van der Waals surface area (Å²) in [5, 5.41) is 5.97. The maximum absolute atomic E-state index is 11.5. The Labute approximate surface area is 108 Å². The summed E-state index contributed by atoms with van der Waals surface area (Å²) in [6, 6.07) is 3.98. The molecule has 1 unspecified atom stereocenters. The summed E-state index contributed by atoms with van der Waals surface area (Å²) in [5.74, 6) is 0.597. The molecule has 0 radical (unpaired) electrons. The highest BCUT2D eigenvalue weighted by Crippen LogP contribution is 2.12. The van der Waals surface area contributed by atoms with Gasteiger partial charge < -0.3 is 15.4 Å². The normalized spacial score (nSPS) is 11.9. The lowest BCUT2D eigenvalue weighted by Gasteiger charge is -2.12. The summed E-state index contributed by atoms with van der Waals surface area (Å²) < 4.78 is 5.13. The molecule has 18 heavy (non-hydrogen) atoms.